The molecule has 8 heteroatoms. The summed E-state index contributed by atoms with van der Waals surface area (Å²) in [5.41, 5.74) is 2.94. The maximum Gasteiger partial charge on any atom is 0.251 e. The van der Waals surface area contributed by atoms with E-state index in [1.54, 1.807) is 18.2 Å². The van der Waals surface area contributed by atoms with Gasteiger partial charge in [0.15, 0.2) is 11.5 Å². The molecule has 0 spiro atoms. The fraction of sp³-hybridized carbons (Fsp3) is 0.296. The van der Waals surface area contributed by atoms with Crippen molar-refractivity contribution in [3.63, 3.8) is 0 Å². The number of aliphatic hydroxyl groups excluding tert-OH is 1. The molecule has 1 aliphatic rings. The van der Waals surface area contributed by atoms with Gasteiger partial charge in [-0.15, -0.1) is 0 Å². The lowest BCUT2D eigenvalue weighted by molar-refractivity contribution is 0.0829. The summed E-state index contributed by atoms with van der Waals surface area (Å²) in [5, 5.41) is 16.9. The molecule has 0 saturated carbocycles. The average molecular weight is 483 g/mol. The van der Waals surface area contributed by atoms with Crippen molar-refractivity contribution in [3.05, 3.63) is 94.6 Å². The smallest absolute Gasteiger partial charge is 0.251 e. The summed E-state index contributed by atoms with van der Waals surface area (Å²) in [6.07, 6.45) is -0.0537. The second kappa shape index (κ2) is 11.3. The van der Waals surface area contributed by atoms with Crippen LogP contribution in [0.15, 0.2) is 60.7 Å². The summed E-state index contributed by atoms with van der Waals surface area (Å²) in [5.74, 6) is -0.879. The van der Waals surface area contributed by atoms with Gasteiger partial charge in [0, 0.05) is 24.7 Å². The molecule has 2 atom stereocenters. The van der Waals surface area contributed by atoms with Crippen LogP contribution in [0.1, 0.15) is 34.0 Å². The lowest BCUT2D eigenvalue weighted by Gasteiger charge is -2.25. The molecule has 0 saturated heterocycles. The summed E-state index contributed by atoms with van der Waals surface area (Å²) in [4.78, 5) is 13.0. The van der Waals surface area contributed by atoms with Gasteiger partial charge in [0.2, 0.25) is 6.79 Å². The molecule has 0 fully saturated rings. The van der Waals surface area contributed by atoms with Crippen molar-refractivity contribution in [2.45, 2.75) is 38.5 Å². The van der Waals surface area contributed by atoms with Gasteiger partial charge < -0.3 is 25.2 Å². The summed E-state index contributed by atoms with van der Waals surface area (Å²) in [7, 11) is 0. The number of ether oxygens (including phenoxy) is 2. The van der Waals surface area contributed by atoms with E-state index in [1.807, 2.05) is 12.1 Å². The molecule has 0 aliphatic carbocycles. The van der Waals surface area contributed by atoms with Crippen LogP contribution in [-0.2, 0) is 19.4 Å². The molecular weight excluding hydrogens is 454 g/mol. The first-order valence-corrected chi connectivity index (χ1v) is 11.5. The second-order valence-corrected chi connectivity index (χ2v) is 8.50. The number of benzene rings is 3. The lowest BCUT2D eigenvalue weighted by atomic mass is 10.00. The topological polar surface area (TPSA) is 79.8 Å². The SMILES string of the molecule is CCc1cccc(CNC[C@H](O)[C@H](Cc2cc(F)cc(F)c2)NC(=O)c2ccc3c(c2)OCO3)c1. The molecule has 0 aromatic heterocycles. The van der Waals surface area contributed by atoms with Crippen LogP contribution in [0.2, 0.25) is 0 Å². The standard InChI is InChI=1S/C27H28F2N2O4/c1-2-17-4-3-5-18(8-17)14-30-15-24(32)23(11-19-9-21(28)13-22(29)10-19)31-27(33)20-6-7-25-26(12-20)35-16-34-25/h3-10,12-13,23-24,30,32H,2,11,14-16H2,1H3,(H,31,33)/t23-,24-/m0/s1. The van der Waals surface area contributed by atoms with Gasteiger partial charge in [-0.05, 0) is 59.9 Å². The number of amides is 1. The molecular formula is C27H28F2N2O4. The molecule has 3 aromatic rings. The first-order valence-electron chi connectivity index (χ1n) is 11.5. The Kier molecular flexibility index (Phi) is 7.94. The quantitative estimate of drug-likeness (QED) is 0.410. The highest BCUT2D eigenvalue weighted by atomic mass is 19.1. The van der Waals surface area contributed by atoms with Gasteiger partial charge in [0.1, 0.15) is 11.6 Å². The predicted molar refractivity (Wildman–Crippen MR) is 127 cm³/mol. The molecule has 0 bridgehead atoms. The summed E-state index contributed by atoms with van der Waals surface area (Å²) in [6.45, 7) is 2.86. The van der Waals surface area contributed by atoms with E-state index in [-0.39, 0.29) is 19.8 Å². The number of fused-ring (bicyclic) bond motifs is 1. The van der Waals surface area contributed by atoms with Gasteiger partial charge in [-0.1, -0.05) is 31.2 Å². The number of aryl methyl sites for hydroxylation is 1. The fourth-order valence-corrected chi connectivity index (χ4v) is 4.02. The third kappa shape index (κ3) is 6.55. The molecule has 0 radical (unpaired) electrons. The minimum Gasteiger partial charge on any atom is -0.454 e. The highest BCUT2D eigenvalue weighted by molar-refractivity contribution is 5.95. The van der Waals surface area contributed by atoms with E-state index in [4.69, 9.17) is 9.47 Å². The second-order valence-electron chi connectivity index (χ2n) is 8.50. The van der Waals surface area contributed by atoms with Gasteiger partial charge in [-0.2, -0.15) is 0 Å². The Morgan fingerprint density at radius 1 is 0.971 bits per heavy atom. The maximum atomic E-state index is 13.8. The zero-order valence-electron chi connectivity index (χ0n) is 19.4. The van der Waals surface area contributed by atoms with Crippen LogP contribution >= 0.6 is 0 Å². The van der Waals surface area contributed by atoms with Crippen molar-refractivity contribution >= 4 is 5.91 Å². The Morgan fingerprint density at radius 2 is 1.71 bits per heavy atom. The molecule has 35 heavy (non-hydrogen) atoms. The minimum absolute atomic E-state index is 0.0408. The number of aliphatic hydroxyl groups is 1. The lowest BCUT2D eigenvalue weighted by Crippen LogP contribution is -2.48. The van der Waals surface area contributed by atoms with Crippen LogP contribution in [0.5, 0.6) is 11.5 Å². The molecule has 1 heterocycles. The number of carbonyl (C=O) groups is 1. The third-order valence-electron chi connectivity index (χ3n) is 5.88. The van der Waals surface area contributed by atoms with Crippen LogP contribution in [0.4, 0.5) is 8.78 Å². The molecule has 0 unspecified atom stereocenters. The largest absolute Gasteiger partial charge is 0.454 e. The predicted octanol–water partition coefficient (Wildman–Crippen LogP) is 3.75. The van der Waals surface area contributed by atoms with Crippen LogP contribution in [0, 0.1) is 11.6 Å². The Balaban J connectivity index is 1.45. The minimum atomic E-state index is -1.02. The molecule has 3 N–H and O–H groups in total. The van der Waals surface area contributed by atoms with E-state index in [0.29, 0.717) is 29.2 Å². The first-order chi connectivity index (χ1) is 16.9. The average Bonchev–Trinajstić information content (AvgIpc) is 3.31. The van der Waals surface area contributed by atoms with E-state index < -0.39 is 29.7 Å². The molecule has 6 nitrogen and oxygen atoms in total. The van der Waals surface area contributed by atoms with Crippen molar-refractivity contribution in [2.24, 2.45) is 0 Å². The van der Waals surface area contributed by atoms with Crippen molar-refractivity contribution < 1.29 is 28.2 Å². The van der Waals surface area contributed by atoms with E-state index in [9.17, 15) is 18.7 Å². The fourth-order valence-electron chi connectivity index (χ4n) is 4.02. The van der Waals surface area contributed by atoms with Crippen LogP contribution in [0.3, 0.4) is 0 Å². The first kappa shape index (κ1) is 24.6. The number of hydrogen-bond acceptors (Lipinski definition) is 5. The Bertz CT molecular complexity index is 1170. The van der Waals surface area contributed by atoms with Crippen LogP contribution in [0.25, 0.3) is 0 Å². The maximum absolute atomic E-state index is 13.8. The van der Waals surface area contributed by atoms with Crippen molar-refractivity contribution in [2.75, 3.05) is 13.3 Å². The third-order valence-corrected chi connectivity index (χ3v) is 5.88. The van der Waals surface area contributed by atoms with E-state index >= 15 is 0 Å². The van der Waals surface area contributed by atoms with Gasteiger partial charge in [-0.25, -0.2) is 8.78 Å². The van der Waals surface area contributed by atoms with Crippen molar-refractivity contribution in [1.82, 2.24) is 10.6 Å². The molecule has 1 aliphatic heterocycles. The number of nitrogens with one attached hydrogen (secondary N) is 2. The molecule has 1 amide bonds. The van der Waals surface area contributed by atoms with Crippen LogP contribution in [-0.4, -0.2) is 36.5 Å². The number of hydrogen-bond donors (Lipinski definition) is 3. The van der Waals surface area contributed by atoms with Gasteiger partial charge in [0.05, 0.1) is 12.1 Å². The number of rotatable bonds is 10. The van der Waals surface area contributed by atoms with Gasteiger partial charge >= 0.3 is 0 Å². The molecule has 184 valence electrons. The highest BCUT2D eigenvalue weighted by Crippen LogP contribution is 2.32. The zero-order chi connectivity index (χ0) is 24.8. The van der Waals surface area contributed by atoms with Gasteiger partial charge in [-0.3, -0.25) is 4.79 Å². The number of halogens is 2. The Hall–Kier alpha value is -3.49. The van der Waals surface area contributed by atoms with Gasteiger partial charge in [0.25, 0.3) is 5.91 Å². The Labute approximate surface area is 202 Å². The normalized spacial score (nSPS) is 13.9. The molecule has 4 rings (SSSR count). The van der Waals surface area contributed by atoms with E-state index in [1.165, 1.54) is 17.7 Å². The van der Waals surface area contributed by atoms with Crippen molar-refractivity contribution in [1.29, 1.82) is 0 Å². The molecule has 3 aromatic carbocycles. The Morgan fingerprint density at radius 3 is 2.49 bits per heavy atom. The summed E-state index contributed by atoms with van der Waals surface area (Å²) >= 11 is 0. The highest BCUT2D eigenvalue weighted by Gasteiger charge is 2.24. The zero-order valence-corrected chi connectivity index (χ0v) is 19.4. The van der Waals surface area contributed by atoms with E-state index in [2.05, 4.69) is 29.7 Å². The van der Waals surface area contributed by atoms with Crippen molar-refractivity contribution in [3.8, 4) is 11.5 Å². The summed E-state index contributed by atoms with van der Waals surface area (Å²) < 4.78 is 38.1. The van der Waals surface area contributed by atoms with E-state index in [0.717, 1.165) is 18.1 Å². The van der Waals surface area contributed by atoms with Crippen LogP contribution < -0.4 is 20.1 Å². The number of carbonyl (C=O) groups excluding carboxylic acids is 1. The summed E-state index contributed by atoms with van der Waals surface area (Å²) in [6, 6.07) is 15.3. The monoisotopic (exact) mass is 482 g/mol.